The Morgan fingerprint density at radius 3 is 2.33 bits per heavy atom. The number of rotatable bonds is 5. The van der Waals surface area contributed by atoms with Gasteiger partial charge >= 0.3 is 0 Å². The summed E-state index contributed by atoms with van der Waals surface area (Å²) in [5, 5.41) is 3.64. The maximum absolute atomic E-state index is 3.64. The minimum atomic E-state index is 0.188. The quantitative estimate of drug-likeness (QED) is 0.824. The van der Waals surface area contributed by atoms with Gasteiger partial charge in [-0.2, -0.15) is 0 Å². The van der Waals surface area contributed by atoms with E-state index >= 15 is 0 Å². The predicted molar refractivity (Wildman–Crippen MR) is 84.0 cm³/mol. The highest BCUT2D eigenvalue weighted by Gasteiger charge is 2.24. The molecule has 0 heterocycles. The van der Waals surface area contributed by atoms with Gasteiger partial charge < -0.3 is 5.32 Å². The second-order valence-electron chi connectivity index (χ2n) is 6.57. The molecule has 1 aromatic rings. The lowest BCUT2D eigenvalue weighted by Gasteiger charge is -2.33. The average molecular weight is 312 g/mol. The first-order chi connectivity index (χ1) is 8.24. The van der Waals surface area contributed by atoms with E-state index in [4.69, 9.17) is 0 Å². The molecular weight excluding hydrogens is 286 g/mol. The van der Waals surface area contributed by atoms with E-state index in [1.807, 2.05) is 0 Å². The standard InChI is InChI=1S/C16H26BrN/c1-6-16(5,12-18-15(2,3)4)11-13-8-7-9-14(17)10-13/h7-10,18H,6,11-12H2,1-5H3. The number of hydrogen-bond acceptors (Lipinski definition) is 1. The summed E-state index contributed by atoms with van der Waals surface area (Å²) < 4.78 is 1.17. The molecule has 0 bridgehead atoms. The summed E-state index contributed by atoms with van der Waals surface area (Å²) in [5.41, 5.74) is 1.91. The van der Waals surface area contributed by atoms with Gasteiger partial charge in [-0.3, -0.25) is 0 Å². The molecule has 0 aliphatic carbocycles. The fourth-order valence-corrected chi connectivity index (χ4v) is 2.38. The van der Waals surface area contributed by atoms with Crippen molar-refractivity contribution in [3.63, 3.8) is 0 Å². The highest BCUT2D eigenvalue weighted by Crippen LogP contribution is 2.27. The van der Waals surface area contributed by atoms with E-state index in [1.165, 1.54) is 16.5 Å². The summed E-state index contributed by atoms with van der Waals surface area (Å²) in [7, 11) is 0. The van der Waals surface area contributed by atoms with E-state index in [0.717, 1.165) is 13.0 Å². The maximum Gasteiger partial charge on any atom is 0.0177 e. The zero-order valence-electron chi connectivity index (χ0n) is 12.3. The average Bonchev–Trinajstić information content (AvgIpc) is 2.26. The molecule has 1 aromatic carbocycles. The molecule has 0 aliphatic rings. The van der Waals surface area contributed by atoms with Crippen LogP contribution < -0.4 is 5.32 Å². The van der Waals surface area contributed by atoms with E-state index in [1.54, 1.807) is 0 Å². The number of benzene rings is 1. The fraction of sp³-hybridized carbons (Fsp3) is 0.625. The van der Waals surface area contributed by atoms with Gasteiger partial charge in [-0.15, -0.1) is 0 Å². The van der Waals surface area contributed by atoms with Crippen LogP contribution in [-0.4, -0.2) is 12.1 Å². The van der Waals surface area contributed by atoms with E-state index < -0.39 is 0 Å². The van der Waals surface area contributed by atoms with E-state index in [-0.39, 0.29) is 5.54 Å². The Morgan fingerprint density at radius 1 is 1.17 bits per heavy atom. The van der Waals surface area contributed by atoms with Crippen molar-refractivity contribution >= 4 is 15.9 Å². The van der Waals surface area contributed by atoms with Crippen molar-refractivity contribution in [3.05, 3.63) is 34.3 Å². The first-order valence-electron chi connectivity index (χ1n) is 6.74. The van der Waals surface area contributed by atoms with Crippen LogP contribution in [0.3, 0.4) is 0 Å². The van der Waals surface area contributed by atoms with E-state index in [2.05, 4.69) is 80.1 Å². The van der Waals surface area contributed by atoms with Crippen LogP contribution in [0.5, 0.6) is 0 Å². The molecule has 0 spiro atoms. The normalized spacial score (nSPS) is 15.4. The molecule has 0 saturated heterocycles. The van der Waals surface area contributed by atoms with Crippen LogP contribution >= 0.6 is 15.9 Å². The Bertz CT molecular complexity index is 381. The third-order valence-electron chi connectivity index (χ3n) is 3.42. The van der Waals surface area contributed by atoms with Gasteiger partial charge in [0.15, 0.2) is 0 Å². The van der Waals surface area contributed by atoms with Gasteiger partial charge in [0.1, 0.15) is 0 Å². The first kappa shape index (κ1) is 15.7. The molecule has 0 amide bonds. The smallest absolute Gasteiger partial charge is 0.0177 e. The SMILES string of the molecule is CCC(C)(CNC(C)(C)C)Cc1cccc(Br)c1. The molecule has 0 aromatic heterocycles. The van der Waals surface area contributed by atoms with Crippen molar-refractivity contribution in [3.8, 4) is 0 Å². The van der Waals surface area contributed by atoms with Crippen LogP contribution in [0.2, 0.25) is 0 Å². The van der Waals surface area contributed by atoms with E-state index in [0.29, 0.717) is 5.41 Å². The summed E-state index contributed by atoms with van der Waals surface area (Å²) in [4.78, 5) is 0. The van der Waals surface area contributed by atoms with Gasteiger partial charge in [0.25, 0.3) is 0 Å². The molecule has 1 rings (SSSR count). The van der Waals surface area contributed by atoms with Gasteiger partial charge in [-0.25, -0.2) is 0 Å². The van der Waals surface area contributed by atoms with Crippen LogP contribution in [0.1, 0.15) is 46.6 Å². The molecule has 18 heavy (non-hydrogen) atoms. The second kappa shape index (κ2) is 6.21. The van der Waals surface area contributed by atoms with Crippen molar-refractivity contribution in [2.75, 3.05) is 6.54 Å². The molecule has 1 atom stereocenters. The van der Waals surface area contributed by atoms with Gasteiger partial charge in [0, 0.05) is 16.6 Å². The van der Waals surface area contributed by atoms with Gasteiger partial charge in [0.2, 0.25) is 0 Å². The highest BCUT2D eigenvalue weighted by atomic mass is 79.9. The number of hydrogen-bond donors (Lipinski definition) is 1. The Morgan fingerprint density at radius 2 is 1.83 bits per heavy atom. The first-order valence-corrected chi connectivity index (χ1v) is 7.53. The van der Waals surface area contributed by atoms with Crippen molar-refractivity contribution in [2.45, 2.75) is 53.0 Å². The maximum atomic E-state index is 3.64. The minimum absolute atomic E-state index is 0.188. The van der Waals surface area contributed by atoms with Crippen LogP contribution in [0.4, 0.5) is 0 Å². The Kier molecular flexibility index (Phi) is 5.42. The summed E-state index contributed by atoms with van der Waals surface area (Å²) in [6, 6.07) is 8.65. The zero-order chi connectivity index (χ0) is 13.8. The Balaban J connectivity index is 2.70. The van der Waals surface area contributed by atoms with Crippen molar-refractivity contribution in [2.24, 2.45) is 5.41 Å². The van der Waals surface area contributed by atoms with Crippen molar-refractivity contribution in [1.29, 1.82) is 0 Å². The predicted octanol–water partition coefficient (Wildman–Crippen LogP) is 4.80. The minimum Gasteiger partial charge on any atom is -0.312 e. The third-order valence-corrected chi connectivity index (χ3v) is 3.91. The molecule has 0 saturated carbocycles. The van der Waals surface area contributed by atoms with Gasteiger partial charge in [-0.05, 0) is 56.7 Å². The van der Waals surface area contributed by atoms with Crippen LogP contribution in [0, 0.1) is 5.41 Å². The second-order valence-corrected chi connectivity index (χ2v) is 7.49. The highest BCUT2D eigenvalue weighted by molar-refractivity contribution is 9.10. The monoisotopic (exact) mass is 311 g/mol. The lowest BCUT2D eigenvalue weighted by atomic mass is 9.80. The molecule has 0 aliphatic heterocycles. The van der Waals surface area contributed by atoms with Crippen molar-refractivity contribution in [1.82, 2.24) is 5.32 Å². The lowest BCUT2D eigenvalue weighted by Crippen LogP contribution is -2.43. The molecule has 1 nitrogen and oxygen atoms in total. The molecule has 2 heteroatoms. The number of halogens is 1. The van der Waals surface area contributed by atoms with E-state index in [9.17, 15) is 0 Å². The van der Waals surface area contributed by atoms with Gasteiger partial charge in [-0.1, -0.05) is 41.9 Å². The topological polar surface area (TPSA) is 12.0 Å². The van der Waals surface area contributed by atoms with Crippen LogP contribution in [0.25, 0.3) is 0 Å². The zero-order valence-corrected chi connectivity index (χ0v) is 13.9. The summed E-state index contributed by atoms with van der Waals surface area (Å²) >= 11 is 3.55. The summed E-state index contributed by atoms with van der Waals surface area (Å²) in [5.74, 6) is 0. The lowest BCUT2D eigenvalue weighted by molar-refractivity contribution is 0.255. The third kappa shape index (κ3) is 5.53. The van der Waals surface area contributed by atoms with Crippen LogP contribution in [0.15, 0.2) is 28.7 Å². The van der Waals surface area contributed by atoms with Gasteiger partial charge in [0.05, 0.1) is 0 Å². The molecule has 0 radical (unpaired) electrons. The molecule has 102 valence electrons. The van der Waals surface area contributed by atoms with Crippen LogP contribution in [-0.2, 0) is 6.42 Å². The molecule has 0 fully saturated rings. The largest absolute Gasteiger partial charge is 0.312 e. The fourth-order valence-electron chi connectivity index (χ4n) is 1.93. The summed E-state index contributed by atoms with van der Waals surface area (Å²) in [6.45, 7) is 12.4. The number of nitrogens with one attached hydrogen (secondary N) is 1. The summed E-state index contributed by atoms with van der Waals surface area (Å²) in [6.07, 6.45) is 2.30. The van der Waals surface area contributed by atoms with Crippen molar-refractivity contribution < 1.29 is 0 Å². The molecule has 1 unspecified atom stereocenters. The Hall–Kier alpha value is -0.340. The Labute approximate surface area is 120 Å². The molecular formula is C16H26BrN. The molecule has 1 N–H and O–H groups in total.